The fourth-order valence-electron chi connectivity index (χ4n) is 11.2. The first-order valence-electron chi connectivity index (χ1n) is 29.3. The van der Waals surface area contributed by atoms with Crippen LogP contribution < -0.4 is 40.3 Å². The molecule has 0 fully saturated rings. The molecule has 4 N–H and O–H groups in total. The van der Waals surface area contributed by atoms with Crippen LogP contribution in [0.1, 0.15) is 114 Å². The van der Waals surface area contributed by atoms with Crippen molar-refractivity contribution in [2.24, 2.45) is 0 Å². The Hall–Kier alpha value is -7.46. The number of rotatable bonds is 27. The molecule has 8 rings (SSSR count). The Morgan fingerprint density at radius 1 is 0.537 bits per heavy atom. The van der Waals surface area contributed by atoms with Gasteiger partial charge in [-0.3, -0.25) is 0 Å². The number of fused-ring (bicyclic) bond motifs is 4. The number of carboxylic acid groups (broad SMARTS) is 2. The van der Waals surface area contributed by atoms with Crippen molar-refractivity contribution in [1.29, 1.82) is 0 Å². The number of hydrogen-bond donors (Lipinski definition) is 4. The lowest BCUT2D eigenvalue weighted by Crippen LogP contribution is -2.29. The molecule has 430 valence electrons. The molecule has 0 spiro atoms. The number of benzene rings is 6. The second-order valence-electron chi connectivity index (χ2n) is 20.5. The highest BCUT2D eigenvalue weighted by molar-refractivity contribution is 7.80. The van der Waals surface area contributed by atoms with E-state index in [0.29, 0.717) is 82.1 Å². The zero-order valence-corrected chi connectivity index (χ0v) is 50.6. The second kappa shape index (κ2) is 28.5. The molecule has 2 aliphatic heterocycles. The van der Waals surface area contributed by atoms with Gasteiger partial charge in [-0.1, -0.05) is 42.6 Å². The number of unbranched alkanes of at least 4 members (excludes halogenated alkanes) is 2. The minimum atomic E-state index is -1.03. The summed E-state index contributed by atoms with van der Waals surface area (Å²) in [5.41, 5.74) is 9.87. The number of ether oxygens (including phenoxy) is 1. The molecule has 4 aromatic rings. The van der Waals surface area contributed by atoms with Gasteiger partial charge in [0, 0.05) is 133 Å². The van der Waals surface area contributed by atoms with Crippen LogP contribution in [0.15, 0.2) is 118 Å². The zero-order valence-electron chi connectivity index (χ0n) is 49.0. The smallest absolute Gasteiger partial charge is 0.336 e. The molecular formula is C67H80N6O7S2+2. The number of carboxylic acids is 2. The summed E-state index contributed by atoms with van der Waals surface area (Å²) in [5, 5.41) is 31.8. The van der Waals surface area contributed by atoms with E-state index in [1.54, 1.807) is 12.1 Å². The van der Waals surface area contributed by atoms with Crippen LogP contribution in [0.3, 0.4) is 0 Å². The standard InChI is InChI=1S/C67H78N6O7S2/c1-9-70(10-2)46-24-30-52-58(40-46)79-59-41-47(71(11-3)12-4)25-31-53(59)64(52)50-28-22-44(37-56(50)66(74)75)38-63(82)68-34-18-17-19-35-78-36-20-21-62(81)69-45-23-29-51(57(39-45)67(76)77)65-54-32-26-48(72(13-5)14-6)42-60(54)80-61-43-49(27-33-55(61)65)73(15-7)16-8/h22-33,37,39-43H,9-21,34-36,38H2,1-8H3,(H2-,68,74,75,76,77,82)/p+2. The van der Waals surface area contributed by atoms with Crippen LogP contribution in [0.5, 0.6) is 0 Å². The van der Waals surface area contributed by atoms with Crippen molar-refractivity contribution < 1.29 is 33.4 Å². The lowest BCUT2D eigenvalue weighted by molar-refractivity contribution is 0.0687. The minimum Gasteiger partial charge on any atom is -0.478 e. The molecule has 0 unspecified atom stereocenters. The van der Waals surface area contributed by atoms with Gasteiger partial charge in [-0.25, -0.2) is 18.7 Å². The Balaban J connectivity index is 0.835. The van der Waals surface area contributed by atoms with Gasteiger partial charge in [-0.15, -0.1) is 0 Å². The number of anilines is 3. The van der Waals surface area contributed by atoms with Gasteiger partial charge >= 0.3 is 11.9 Å². The Labute approximate surface area is 493 Å². The minimum absolute atomic E-state index is 0.167. The first-order valence-corrected chi connectivity index (χ1v) is 30.1. The van der Waals surface area contributed by atoms with E-state index in [2.05, 4.69) is 146 Å². The summed E-state index contributed by atoms with van der Waals surface area (Å²) in [6.07, 6.45) is 4.47. The predicted molar refractivity (Wildman–Crippen MR) is 345 cm³/mol. The molecule has 15 heteroatoms. The van der Waals surface area contributed by atoms with E-state index in [1.165, 1.54) is 0 Å². The van der Waals surface area contributed by atoms with Crippen LogP contribution in [-0.4, -0.2) is 104 Å². The Morgan fingerprint density at radius 3 is 1.52 bits per heavy atom. The summed E-state index contributed by atoms with van der Waals surface area (Å²) in [4.78, 5) is 31.9. The third-order valence-corrected chi connectivity index (χ3v) is 16.2. The van der Waals surface area contributed by atoms with Gasteiger partial charge in [0.2, 0.25) is 10.7 Å². The molecule has 0 saturated heterocycles. The van der Waals surface area contributed by atoms with E-state index in [0.717, 1.165) is 139 Å². The van der Waals surface area contributed by atoms with Crippen molar-refractivity contribution in [3.8, 4) is 44.9 Å². The average Bonchev–Trinajstić information content (AvgIpc) is 3.46. The number of nitrogens with one attached hydrogen (secondary N) is 2. The van der Waals surface area contributed by atoms with Crippen molar-refractivity contribution in [3.63, 3.8) is 0 Å². The normalized spacial score (nSPS) is 11.4. The molecular weight excluding hydrogens is 1060 g/mol. The zero-order chi connectivity index (χ0) is 58.5. The van der Waals surface area contributed by atoms with Gasteiger partial charge in [-0.05, 0) is 152 Å². The van der Waals surface area contributed by atoms with Crippen LogP contribution in [0.4, 0.5) is 17.1 Å². The maximum absolute atomic E-state index is 13.1. The Bertz CT molecular complexity index is 3440. The molecule has 0 amide bonds. The van der Waals surface area contributed by atoms with Crippen LogP contribution in [0.25, 0.3) is 66.8 Å². The number of aromatic carboxylic acids is 2. The molecule has 0 aromatic heterocycles. The third-order valence-electron chi connectivity index (χ3n) is 15.6. The third kappa shape index (κ3) is 13.9. The maximum atomic E-state index is 13.1. The predicted octanol–water partition coefficient (Wildman–Crippen LogP) is 13.3. The van der Waals surface area contributed by atoms with Crippen molar-refractivity contribution in [3.05, 3.63) is 137 Å². The van der Waals surface area contributed by atoms with E-state index in [4.69, 9.17) is 38.0 Å². The largest absolute Gasteiger partial charge is 0.478 e. The van der Waals surface area contributed by atoms with E-state index in [-0.39, 0.29) is 11.1 Å². The first kappa shape index (κ1) is 60.6. The number of carbonyl (C=O) groups is 2. The second-order valence-corrected chi connectivity index (χ2v) is 21.5. The number of thiocarbonyl (C=S) groups is 2. The fraction of sp³-hybridized carbons (Fsp3) is 0.373. The van der Waals surface area contributed by atoms with Crippen molar-refractivity contribution >= 4 is 85.4 Å². The van der Waals surface area contributed by atoms with Crippen LogP contribution >= 0.6 is 24.4 Å². The highest BCUT2D eigenvalue weighted by Crippen LogP contribution is 2.44. The van der Waals surface area contributed by atoms with Gasteiger partial charge in [-0.2, -0.15) is 0 Å². The fourth-order valence-corrected chi connectivity index (χ4v) is 11.7. The molecule has 0 radical (unpaired) electrons. The van der Waals surface area contributed by atoms with E-state index >= 15 is 0 Å². The molecule has 2 heterocycles. The summed E-state index contributed by atoms with van der Waals surface area (Å²) < 4.78 is 23.8. The van der Waals surface area contributed by atoms with Crippen molar-refractivity contribution in [1.82, 2.24) is 14.5 Å². The SMILES string of the molecule is CCN(CC)c1ccc2c(-c3ccc(CC(=S)NCCCCCOCCCC(=S)Nc4ccc(-c5c6ccc(=[N+](CC)CC)cc-6oc6cc(N(CC)CC)ccc56)c(C(=O)O)c4)cc3C(=O)O)c3ccc(=[N+](CC)CC)cc-3oc2c1. The molecule has 13 nitrogen and oxygen atoms in total. The monoisotopic (exact) mass is 1140 g/mol. The quantitative estimate of drug-likeness (QED) is 0.0168. The summed E-state index contributed by atoms with van der Waals surface area (Å²) in [6.45, 7) is 25.7. The van der Waals surface area contributed by atoms with E-state index in [1.807, 2.05) is 36.4 Å². The van der Waals surface area contributed by atoms with E-state index in [9.17, 15) is 19.8 Å². The highest BCUT2D eigenvalue weighted by Gasteiger charge is 2.26. The average molecular weight is 1150 g/mol. The molecule has 0 bridgehead atoms. The summed E-state index contributed by atoms with van der Waals surface area (Å²) >= 11 is 11.5. The lowest BCUT2D eigenvalue weighted by Gasteiger charge is -2.22. The lowest BCUT2D eigenvalue weighted by atomic mass is 9.89. The van der Waals surface area contributed by atoms with Gasteiger partial charge in [0.05, 0.1) is 33.2 Å². The topological polar surface area (TPSA) is 147 Å². The Morgan fingerprint density at radius 2 is 1.02 bits per heavy atom. The maximum Gasteiger partial charge on any atom is 0.336 e. The molecule has 4 aromatic carbocycles. The van der Waals surface area contributed by atoms with Gasteiger partial charge in [0.15, 0.2) is 0 Å². The number of nitrogens with zero attached hydrogens (tertiary/aromatic N) is 4. The molecule has 0 atom stereocenters. The molecule has 2 aliphatic carbocycles. The Kier molecular flexibility index (Phi) is 21.1. The van der Waals surface area contributed by atoms with Crippen LogP contribution in [0, 0.1) is 0 Å². The first-order chi connectivity index (χ1) is 39.8. The molecule has 0 saturated carbocycles. The van der Waals surface area contributed by atoms with Gasteiger partial charge in [0.1, 0.15) is 48.9 Å². The van der Waals surface area contributed by atoms with E-state index < -0.39 is 11.9 Å². The van der Waals surface area contributed by atoms with Crippen LogP contribution in [-0.2, 0) is 11.2 Å². The highest BCUT2D eigenvalue weighted by atomic mass is 32.1. The summed E-state index contributed by atoms with van der Waals surface area (Å²) in [5.74, 6) is -0.646. The van der Waals surface area contributed by atoms with Gasteiger partial charge < -0.3 is 44.2 Å². The van der Waals surface area contributed by atoms with Gasteiger partial charge in [0.25, 0.3) is 0 Å². The summed E-state index contributed by atoms with van der Waals surface area (Å²) in [7, 11) is 0. The molecule has 82 heavy (non-hydrogen) atoms. The molecule has 4 aliphatic rings. The van der Waals surface area contributed by atoms with Crippen molar-refractivity contribution in [2.45, 2.75) is 93.9 Å². The summed E-state index contributed by atoms with van der Waals surface area (Å²) in [6, 6.07) is 35.9. The number of hydrogen-bond acceptors (Lipinski definition) is 9. The van der Waals surface area contributed by atoms with Crippen molar-refractivity contribution in [2.75, 3.05) is 87.2 Å². The van der Waals surface area contributed by atoms with Crippen LogP contribution in [0.2, 0.25) is 0 Å².